The van der Waals surface area contributed by atoms with Crippen molar-refractivity contribution in [3.8, 4) is 11.3 Å². The van der Waals surface area contributed by atoms with Gasteiger partial charge in [0.2, 0.25) is 0 Å². The van der Waals surface area contributed by atoms with Crippen LogP contribution in [0.1, 0.15) is 52.6 Å². The van der Waals surface area contributed by atoms with E-state index in [1.807, 2.05) is 49.4 Å². The van der Waals surface area contributed by atoms with E-state index in [1.54, 1.807) is 42.4 Å². The fourth-order valence-electron chi connectivity index (χ4n) is 5.21. The lowest BCUT2D eigenvalue weighted by Crippen LogP contribution is -2.40. The van der Waals surface area contributed by atoms with Crippen LogP contribution in [0.5, 0.6) is 0 Å². The van der Waals surface area contributed by atoms with Crippen molar-refractivity contribution < 1.29 is 14.3 Å². The first-order chi connectivity index (χ1) is 20.5. The largest absolute Gasteiger partial charge is 0.378 e. The molecule has 1 aromatic heterocycles. The molecule has 0 radical (unpaired) electrons. The highest BCUT2D eigenvalue weighted by molar-refractivity contribution is 6.06. The molecule has 0 aliphatic carbocycles. The monoisotopic (exact) mass is 579 g/mol. The predicted molar refractivity (Wildman–Crippen MR) is 169 cm³/mol. The molecule has 0 saturated carbocycles. The van der Waals surface area contributed by atoms with Crippen LogP contribution < -0.4 is 16.2 Å². The van der Waals surface area contributed by atoms with Gasteiger partial charge >= 0.3 is 0 Å². The summed E-state index contributed by atoms with van der Waals surface area (Å²) in [5.41, 5.74) is 5.00. The SMILES string of the molecule is Cc1c(NC(=O)c2ccccc2C(C)(C)C)cccc1-c1cn(C)c(=O)c(Nc2cccc(C(=O)N3CCOCC3)c2)n1. The minimum absolute atomic E-state index is 0.0822. The van der Waals surface area contributed by atoms with E-state index >= 15 is 0 Å². The Morgan fingerprint density at radius 3 is 2.42 bits per heavy atom. The van der Waals surface area contributed by atoms with Crippen LogP contribution in [0.25, 0.3) is 11.3 Å². The average Bonchev–Trinajstić information content (AvgIpc) is 3.00. The zero-order valence-electron chi connectivity index (χ0n) is 25.2. The third-order valence-electron chi connectivity index (χ3n) is 7.58. The van der Waals surface area contributed by atoms with E-state index in [1.165, 1.54) is 4.57 Å². The van der Waals surface area contributed by atoms with Gasteiger partial charge in [-0.1, -0.05) is 57.2 Å². The maximum Gasteiger partial charge on any atom is 0.293 e. The van der Waals surface area contributed by atoms with Crippen molar-refractivity contribution in [3.63, 3.8) is 0 Å². The Morgan fingerprint density at radius 2 is 1.67 bits per heavy atom. The summed E-state index contributed by atoms with van der Waals surface area (Å²) in [5.74, 6) is -0.141. The number of carbonyl (C=O) groups excluding carboxylic acids is 2. The molecule has 1 aliphatic heterocycles. The summed E-state index contributed by atoms with van der Waals surface area (Å²) in [4.78, 5) is 45.9. The van der Waals surface area contributed by atoms with E-state index in [0.717, 1.165) is 16.7 Å². The van der Waals surface area contributed by atoms with Gasteiger partial charge in [0, 0.05) is 54.4 Å². The molecule has 0 spiro atoms. The van der Waals surface area contributed by atoms with Crippen LogP contribution in [0.2, 0.25) is 0 Å². The highest BCUT2D eigenvalue weighted by Gasteiger charge is 2.22. The summed E-state index contributed by atoms with van der Waals surface area (Å²) in [6.45, 7) is 10.3. The van der Waals surface area contributed by atoms with Crippen LogP contribution in [0.4, 0.5) is 17.2 Å². The molecule has 9 heteroatoms. The van der Waals surface area contributed by atoms with Gasteiger partial charge in [-0.15, -0.1) is 0 Å². The van der Waals surface area contributed by atoms with E-state index in [-0.39, 0.29) is 28.6 Å². The third kappa shape index (κ3) is 6.52. The van der Waals surface area contributed by atoms with Crippen molar-refractivity contribution in [2.45, 2.75) is 33.1 Å². The molecule has 1 saturated heterocycles. The van der Waals surface area contributed by atoms with E-state index in [0.29, 0.717) is 54.5 Å². The molecule has 0 atom stereocenters. The van der Waals surface area contributed by atoms with Crippen molar-refractivity contribution in [3.05, 3.63) is 106 Å². The smallest absolute Gasteiger partial charge is 0.293 e. The van der Waals surface area contributed by atoms with Gasteiger partial charge in [0.05, 0.1) is 18.9 Å². The molecular formula is C34H37N5O4. The Bertz CT molecular complexity index is 1730. The molecule has 5 rings (SSSR count). The number of aromatic nitrogens is 2. The Hall–Kier alpha value is -4.76. The number of nitrogens with zero attached hydrogens (tertiary/aromatic N) is 3. The second kappa shape index (κ2) is 12.2. The Labute approximate surface area is 251 Å². The number of aryl methyl sites for hydroxylation is 1. The number of anilines is 3. The highest BCUT2D eigenvalue weighted by Crippen LogP contribution is 2.30. The van der Waals surface area contributed by atoms with Crippen LogP contribution in [-0.2, 0) is 17.2 Å². The van der Waals surface area contributed by atoms with Crippen molar-refractivity contribution >= 4 is 29.0 Å². The zero-order valence-corrected chi connectivity index (χ0v) is 25.2. The van der Waals surface area contributed by atoms with Crippen LogP contribution in [0.15, 0.2) is 77.7 Å². The predicted octanol–water partition coefficient (Wildman–Crippen LogP) is 5.52. The standard InChI is InChI=1S/C34H37N5O4/c1-22-25(13-9-15-28(22)37-31(40)26-12-6-7-14-27(26)34(2,3)4)29-21-38(5)33(42)30(36-29)35-24-11-8-10-23(20-24)32(41)39-16-18-43-19-17-39/h6-15,20-21H,16-19H2,1-5H3,(H,35,36)(H,37,40). The molecule has 1 aliphatic rings. The number of hydrogen-bond donors (Lipinski definition) is 2. The molecule has 43 heavy (non-hydrogen) atoms. The molecule has 9 nitrogen and oxygen atoms in total. The Morgan fingerprint density at radius 1 is 0.953 bits per heavy atom. The van der Waals surface area contributed by atoms with Gasteiger partial charge in [-0.3, -0.25) is 14.4 Å². The van der Waals surface area contributed by atoms with Gasteiger partial charge in [-0.25, -0.2) is 4.98 Å². The molecule has 0 unspecified atom stereocenters. The summed E-state index contributed by atoms with van der Waals surface area (Å²) in [5, 5.41) is 6.20. The number of amides is 2. The number of morpholine rings is 1. The van der Waals surface area contributed by atoms with E-state index in [9.17, 15) is 14.4 Å². The Kier molecular flexibility index (Phi) is 8.45. The Balaban J connectivity index is 1.42. The minimum atomic E-state index is -0.311. The molecule has 3 aromatic carbocycles. The molecule has 2 heterocycles. The van der Waals surface area contributed by atoms with Crippen LogP contribution >= 0.6 is 0 Å². The van der Waals surface area contributed by atoms with Crippen molar-refractivity contribution in [2.75, 3.05) is 36.9 Å². The van der Waals surface area contributed by atoms with Crippen molar-refractivity contribution in [1.82, 2.24) is 14.5 Å². The number of rotatable bonds is 6. The van der Waals surface area contributed by atoms with Crippen LogP contribution in [0, 0.1) is 6.92 Å². The van der Waals surface area contributed by atoms with Gasteiger partial charge in [-0.2, -0.15) is 0 Å². The second-order valence-corrected chi connectivity index (χ2v) is 11.7. The van der Waals surface area contributed by atoms with Gasteiger partial charge in [-0.05, 0) is 53.8 Å². The molecule has 1 fully saturated rings. The quantitative estimate of drug-likeness (QED) is 0.312. The van der Waals surface area contributed by atoms with Gasteiger partial charge in [0.1, 0.15) is 0 Å². The average molecular weight is 580 g/mol. The summed E-state index contributed by atoms with van der Waals surface area (Å²) < 4.78 is 6.83. The number of carbonyl (C=O) groups is 2. The topological polar surface area (TPSA) is 106 Å². The summed E-state index contributed by atoms with van der Waals surface area (Å²) in [7, 11) is 1.67. The van der Waals surface area contributed by atoms with Gasteiger partial charge < -0.3 is 24.8 Å². The molecule has 4 aromatic rings. The molecule has 2 amide bonds. The van der Waals surface area contributed by atoms with Crippen LogP contribution in [0.3, 0.4) is 0 Å². The summed E-state index contributed by atoms with van der Waals surface area (Å²) >= 11 is 0. The second-order valence-electron chi connectivity index (χ2n) is 11.7. The number of nitrogens with one attached hydrogen (secondary N) is 2. The summed E-state index contributed by atoms with van der Waals surface area (Å²) in [6, 6.07) is 20.3. The number of ether oxygens (including phenoxy) is 1. The fraction of sp³-hybridized carbons (Fsp3) is 0.294. The maximum atomic E-state index is 13.4. The van der Waals surface area contributed by atoms with Crippen LogP contribution in [-0.4, -0.2) is 52.6 Å². The zero-order chi connectivity index (χ0) is 30.7. The normalized spacial score (nSPS) is 13.5. The van der Waals surface area contributed by atoms with Crippen molar-refractivity contribution in [2.24, 2.45) is 7.05 Å². The number of hydrogen-bond acceptors (Lipinski definition) is 6. The van der Waals surface area contributed by atoms with E-state index in [4.69, 9.17) is 4.74 Å². The first kappa shape index (κ1) is 29.7. The third-order valence-corrected chi connectivity index (χ3v) is 7.58. The molecule has 2 N–H and O–H groups in total. The lowest BCUT2D eigenvalue weighted by atomic mass is 9.83. The van der Waals surface area contributed by atoms with E-state index < -0.39 is 0 Å². The first-order valence-electron chi connectivity index (χ1n) is 14.4. The lowest BCUT2D eigenvalue weighted by Gasteiger charge is -2.27. The van der Waals surface area contributed by atoms with Crippen molar-refractivity contribution in [1.29, 1.82) is 0 Å². The highest BCUT2D eigenvalue weighted by atomic mass is 16.5. The van der Waals surface area contributed by atoms with Gasteiger partial charge in [0.25, 0.3) is 17.4 Å². The molecule has 222 valence electrons. The van der Waals surface area contributed by atoms with E-state index in [2.05, 4.69) is 36.4 Å². The molecule has 0 bridgehead atoms. The minimum Gasteiger partial charge on any atom is -0.378 e. The first-order valence-corrected chi connectivity index (χ1v) is 14.4. The lowest BCUT2D eigenvalue weighted by molar-refractivity contribution is 0.0303. The summed E-state index contributed by atoms with van der Waals surface area (Å²) in [6.07, 6.45) is 1.68. The molecular weight excluding hydrogens is 542 g/mol. The maximum absolute atomic E-state index is 13.4. The number of benzene rings is 3. The fourth-order valence-corrected chi connectivity index (χ4v) is 5.21. The van der Waals surface area contributed by atoms with Gasteiger partial charge in [0.15, 0.2) is 5.82 Å².